The minimum Gasteiger partial charge on any atom is -0.323 e. The topological polar surface area (TPSA) is 42.0 Å². The number of rotatable bonds is 2. The molecule has 5 heteroatoms. The Balaban J connectivity index is 2.83. The van der Waals surface area contributed by atoms with Crippen LogP contribution in [0.5, 0.6) is 0 Å². The van der Waals surface area contributed by atoms with E-state index in [0.29, 0.717) is 5.69 Å². The zero-order valence-corrected chi connectivity index (χ0v) is 9.32. The number of alkyl halides is 1. The van der Waals surface area contributed by atoms with Crippen molar-refractivity contribution in [3.05, 3.63) is 22.4 Å². The quantitative estimate of drug-likeness (QED) is 0.657. The second-order valence-corrected chi connectivity index (χ2v) is 3.53. The van der Waals surface area contributed by atoms with Crippen molar-refractivity contribution in [1.82, 2.24) is 4.98 Å². The number of nitrogens with one attached hydrogen (secondary N) is 1. The highest BCUT2D eigenvalue weighted by Crippen LogP contribution is 2.15. The highest BCUT2D eigenvalue weighted by molar-refractivity contribution is 9.10. The Hall–Kier alpha value is -0.610. The summed E-state index contributed by atoms with van der Waals surface area (Å²) in [5.74, 6) is -0.274. The summed E-state index contributed by atoms with van der Waals surface area (Å²) in [5.41, 5.74) is 1.45. The molecule has 1 N–H and O–H groups in total. The molecule has 0 aliphatic rings. The second-order valence-electron chi connectivity index (χ2n) is 2.45. The number of hydrogen-bond acceptors (Lipinski definition) is 2. The number of nitrogens with zero attached hydrogens (tertiary/aromatic N) is 1. The molecule has 70 valence electrons. The largest absolute Gasteiger partial charge is 0.323 e. The summed E-state index contributed by atoms with van der Waals surface area (Å²) in [7, 11) is 0. The summed E-state index contributed by atoms with van der Waals surface area (Å²) >= 11 is 8.57. The lowest BCUT2D eigenvalue weighted by Gasteiger charge is -2.05. The van der Waals surface area contributed by atoms with E-state index in [1.807, 2.05) is 6.92 Å². The van der Waals surface area contributed by atoms with Crippen LogP contribution in [0.1, 0.15) is 5.69 Å². The molecule has 1 amide bonds. The maximum Gasteiger partial charge on any atom is 0.239 e. The summed E-state index contributed by atoms with van der Waals surface area (Å²) < 4.78 is 0.744. The van der Waals surface area contributed by atoms with E-state index in [9.17, 15) is 4.79 Å². The van der Waals surface area contributed by atoms with Crippen LogP contribution in [0.25, 0.3) is 0 Å². The first-order valence-corrected chi connectivity index (χ1v) is 4.95. The molecule has 1 aromatic heterocycles. The van der Waals surface area contributed by atoms with E-state index < -0.39 is 0 Å². The van der Waals surface area contributed by atoms with E-state index in [4.69, 9.17) is 11.6 Å². The Morgan fingerprint density at radius 1 is 1.69 bits per heavy atom. The maximum atomic E-state index is 10.9. The fourth-order valence-corrected chi connectivity index (χ4v) is 1.31. The van der Waals surface area contributed by atoms with Crippen LogP contribution in [-0.2, 0) is 4.79 Å². The predicted molar refractivity (Wildman–Crippen MR) is 56.0 cm³/mol. The number of amides is 1. The molecule has 0 saturated heterocycles. The Labute approximate surface area is 89.6 Å². The molecule has 0 atom stereocenters. The van der Waals surface area contributed by atoms with Gasteiger partial charge in [0, 0.05) is 0 Å². The fraction of sp³-hybridized carbons (Fsp3) is 0.250. The molecule has 13 heavy (non-hydrogen) atoms. The Morgan fingerprint density at radius 2 is 2.38 bits per heavy atom. The van der Waals surface area contributed by atoms with Crippen molar-refractivity contribution < 1.29 is 4.79 Å². The molecule has 1 rings (SSSR count). The lowest BCUT2D eigenvalue weighted by Crippen LogP contribution is -2.13. The Morgan fingerprint density at radius 3 is 2.92 bits per heavy atom. The molecular formula is C8H8BrClN2O. The zero-order chi connectivity index (χ0) is 9.84. The van der Waals surface area contributed by atoms with E-state index in [1.165, 1.54) is 0 Å². The van der Waals surface area contributed by atoms with Crippen LogP contribution in [0, 0.1) is 6.92 Å². The van der Waals surface area contributed by atoms with Crippen LogP contribution in [0.15, 0.2) is 16.7 Å². The van der Waals surface area contributed by atoms with Crippen molar-refractivity contribution in [2.24, 2.45) is 0 Å². The van der Waals surface area contributed by atoms with E-state index in [2.05, 4.69) is 26.2 Å². The lowest BCUT2D eigenvalue weighted by molar-refractivity contribution is -0.113. The van der Waals surface area contributed by atoms with Gasteiger partial charge in [-0.05, 0) is 35.0 Å². The van der Waals surface area contributed by atoms with Gasteiger partial charge in [-0.3, -0.25) is 4.79 Å². The highest BCUT2D eigenvalue weighted by Gasteiger charge is 2.03. The number of anilines is 1. The molecule has 0 fully saturated rings. The number of carbonyl (C=O) groups excluding carboxylic acids is 1. The summed E-state index contributed by atoms with van der Waals surface area (Å²) in [6.07, 6.45) is 0. The molecule has 0 aliphatic carbocycles. The van der Waals surface area contributed by atoms with Crippen LogP contribution in [-0.4, -0.2) is 16.8 Å². The first-order valence-electron chi connectivity index (χ1n) is 3.62. The van der Waals surface area contributed by atoms with Crippen molar-refractivity contribution in [3.63, 3.8) is 0 Å². The highest BCUT2D eigenvalue weighted by atomic mass is 79.9. The molecule has 0 unspecified atom stereocenters. The molecule has 0 aliphatic heterocycles. The summed E-state index contributed by atoms with van der Waals surface area (Å²) in [4.78, 5) is 15.1. The summed E-state index contributed by atoms with van der Waals surface area (Å²) in [5, 5.41) is 2.63. The Bertz CT molecular complexity index is 330. The van der Waals surface area contributed by atoms with Gasteiger partial charge >= 0.3 is 0 Å². The third-order valence-electron chi connectivity index (χ3n) is 1.45. The molecular weight excluding hydrogens is 255 g/mol. The number of carbonyl (C=O) groups is 1. The molecule has 0 saturated carbocycles. The SMILES string of the molecule is Cc1nc(Br)ccc1NC(=O)CCl. The van der Waals surface area contributed by atoms with E-state index in [0.717, 1.165) is 10.3 Å². The van der Waals surface area contributed by atoms with Gasteiger partial charge in [0.25, 0.3) is 0 Å². The summed E-state index contributed by atoms with van der Waals surface area (Å²) in [6, 6.07) is 3.54. The number of halogens is 2. The van der Waals surface area contributed by atoms with Crippen molar-refractivity contribution in [1.29, 1.82) is 0 Å². The third kappa shape index (κ3) is 2.97. The van der Waals surface area contributed by atoms with E-state index in [-0.39, 0.29) is 11.8 Å². The van der Waals surface area contributed by atoms with Gasteiger partial charge in [0.05, 0.1) is 11.4 Å². The average molecular weight is 264 g/mol. The normalized spacial score (nSPS) is 9.77. The fourth-order valence-electron chi connectivity index (χ4n) is 0.846. The van der Waals surface area contributed by atoms with Gasteiger partial charge in [0.2, 0.25) is 5.91 Å². The van der Waals surface area contributed by atoms with Crippen LogP contribution < -0.4 is 5.32 Å². The van der Waals surface area contributed by atoms with Gasteiger partial charge < -0.3 is 5.32 Å². The van der Waals surface area contributed by atoms with Gasteiger partial charge in [-0.25, -0.2) is 4.98 Å². The maximum absolute atomic E-state index is 10.9. The molecule has 0 bridgehead atoms. The smallest absolute Gasteiger partial charge is 0.239 e. The lowest BCUT2D eigenvalue weighted by atomic mass is 10.3. The molecule has 1 heterocycles. The molecule has 3 nitrogen and oxygen atoms in total. The van der Waals surface area contributed by atoms with Gasteiger partial charge in [-0.1, -0.05) is 0 Å². The molecule has 0 spiro atoms. The third-order valence-corrected chi connectivity index (χ3v) is 2.13. The summed E-state index contributed by atoms with van der Waals surface area (Å²) in [6.45, 7) is 1.81. The van der Waals surface area contributed by atoms with Crippen LogP contribution in [0.3, 0.4) is 0 Å². The van der Waals surface area contributed by atoms with Crippen molar-refractivity contribution in [2.45, 2.75) is 6.92 Å². The standard InChI is InChI=1S/C8H8BrClN2O/c1-5-6(12-8(13)4-10)2-3-7(9)11-5/h2-3H,4H2,1H3,(H,12,13). The molecule has 0 aromatic carbocycles. The van der Waals surface area contributed by atoms with E-state index in [1.54, 1.807) is 12.1 Å². The minimum absolute atomic E-state index is 0.0461. The van der Waals surface area contributed by atoms with Crippen molar-refractivity contribution >= 4 is 39.1 Å². The van der Waals surface area contributed by atoms with Gasteiger partial charge in [0.1, 0.15) is 10.5 Å². The number of aryl methyl sites for hydroxylation is 1. The van der Waals surface area contributed by atoms with Crippen LogP contribution in [0.4, 0.5) is 5.69 Å². The number of hydrogen-bond donors (Lipinski definition) is 1. The number of pyridine rings is 1. The first kappa shape index (κ1) is 10.5. The Kier molecular flexibility index (Phi) is 3.69. The first-order chi connectivity index (χ1) is 6.13. The van der Waals surface area contributed by atoms with Gasteiger partial charge in [-0.2, -0.15) is 0 Å². The average Bonchev–Trinajstić information content (AvgIpc) is 2.09. The van der Waals surface area contributed by atoms with Crippen LogP contribution >= 0.6 is 27.5 Å². The predicted octanol–water partition coefficient (Wildman–Crippen LogP) is 2.33. The zero-order valence-electron chi connectivity index (χ0n) is 6.97. The van der Waals surface area contributed by atoms with E-state index >= 15 is 0 Å². The molecule has 0 radical (unpaired) electrons. The van der Waals surface area contributed by atoms with Crippen molar-refractivity contribution in [2.75, 3.05) is 11.2 Å². The van der Waals surface area contributed by atoms with Crippen LogP contribution in [0.2, 0.25) is 0 Å². The van der Waals surface area contributed by atoms with Gasteiger partial charge in [-0.15, -0.1) is 11.6 Å². The van der Waals surface area contributed by atoms with Crippen molar-refractivity contribution in [3.8, 4) is 0 Å². The van der Waals surface area contributed by atoms with Gasteiger partial charge in [0.15, 0.2) is 0 Å². The molecule has 1 aromatic rings. The minimum atomic E-state index is -0.228. The second kappa shape index (κ2) is 4.58. The monoisotopic (exact) mass is 262 g/mol. The number of aromatic nitrogens is 1.